The fourth-order valence-electron chi connectivity index (χ4n) is 4.39. The number of hydrogen-bond donors (Lipinski definition) is 2. The molecule has 1 fully saturated rings. The maximum Gasteiger partial charge on any atom is 0.232 e. The maximum absolute atomic E-state index is 13.2. The fourth-order valence-corrected chi connectivity index (χ4v) is 4.57. The van der Waals surface area contributed by atoms with Crippen molar-refractivity contribution in [1.29, 1.82) is 0 Å². The van der Waals surface area contributed by atoms with Gasteiger partial charge in [0.15, 0.2) is 0 Å². The highest BCUT2D eigenvalue weighted by Gasteiger charge is 2.28. The van der Waals surface area contributed by atoms with Crippen LogP contribution in [-0.4, -0.2) is 48.6 Å². The number of amides is 1. The number of ether oxygens (including phenoxy) is 1. The van der Waals surface area contributed by atoms with Crippen molar-refractivity contribution in [2.75, 3.05) is 38.1 Å². The Kier molecular flexibility index (Phi) is 5.76. The Morgan fingerprint density at radius 3 is 2.94 bits per heavy atom. The van der Waals surface area contributed by atoms with Crippen molar-refractivity contribution in [3.8, 4) is 5.75 Å². The summed E-state index contributed by atoms with van der Waals surface area (Å²) < 4.78 is 5.71. The van der Waals surface area contributed by atoms with Gasteiger partial charge in [0.25, 0.3) is 0 Å². The van der Waals surface area contributed by atoms with E-state index in [4.69, 9.17) is 16.3 Å². The van der Waals surface area contributed by atoms with Crippen LogP contribution in [0.4, 0.5) is 5.69 Å². The Labute approximate surface area is 186 Å². The zero-order valence-corrected chi connectivity index (χ0v) is 18.0. The summed E-state index contributed by atoms with van der Waals surface area (Å²) in [7, 11) is 0. The minimum atomic E-state index is -0.304. The van der Waals surface area contributed by atoms with Crippen molar-refractivity contribution in [2.45, 2.75) is 18.9 Å². The monoisotopic (exact) mass is 436 g/mol. The lowest BCUT2D eigenvalue weighted by molar-refractivity contribution is -0.118. The largest absolute Gasteiger partial charge is 0.493 e. The zero-order chi connectivity index (χ0) is 21.2. The quantitative estimate of drug-likeness (QED) is 0.651. The number of benzene rings is 2. The lowest BCUT2D eigenvalue weighted by Gasteiger charge is -2.27. The molecule has 0 bridgehead atoms. The molecule has 0 aliphatic carbocycles. The van der Waals surface area contributed by atoms with E-state index in [1.807, 2.05) is 18.3 Å². The molecule has 0 spiro atoms. The first-order valence-electron chi connectivity index (χ1n) is 10.7. The van der Waals surface area contributed by atoms with Crippen molar-refractivity contribution in [1.82, 2.24) is 15.2 Å². The van der Waals surface area contributed by atoms with Crippen LogP contribution in [0.25, 0.3) is 10.8 Å². The Morgan fingerprint density at radius 1 is 1.19 bits per heavy atom. The van der Waals surface area contributed by atoms with E-state index in [0.717, 1.165) is 60.5 Å². The summed E-state index contributed by atoms with van der Waals surface area (Å²) >= 11 is 6.18. The SMILES string of the molecule is O=C(Nc1cncc2ccc(CN3CCNCC3)cc12)C1CCOc2ccc(Cl)cc21. The van der Waals surface area contributed by atoms with Gasteiger partial charge in [-0.1, -0.05) is 23.7 Å². The molecule has 2 aliphatic rings. The van der Waals surface area contributed by atoms with E-state index in [0.29, 0.717) is 18.1 Å². The zero-order valence-electron chi connectivity index (χ0n) is 17.2. The van der Waals surface area contributed by atoms with Crippen LogP contribution in [0.15, 0.2) is 48.8 Å². The van der Waals surface area contributed by atoms with Crippen molar-refractivity contribution in [3.05, 3.63) is 64.9 Å². The minimum Gasteiger partial charge on any atom is -0.493 e. The number of halogens is 1. The van der Waals surface area contributed by atoms with Crippen LogP contribution in [0, 0.1) is 0 Å². The van der Waals surface area contributed by atoms with Gasteiger partial charge >= 0.3 is 0 Å². The highest BCUT2D eigenvalue weighted by molar-refractivity contribution is 6.30. The van der Waals surface area contributed by atoms with E-state index in [1.165, 1.54) is 5.56 Å². The molecule has 1 amide bonds. The number of pyridine rings is 1. The molecule has 1 saturated heterocycles. The molecule has 2 aromatic carbocycles. The maximum atomic E-state index is 13.2. The molecule has 1 aromatic heterocycles. The summed E-state index contributed by atoms with van der Waals surface area (Å²) in [5, 5.41) is 9.13. The average molecular weight is 437 g/mol. The van der Waals surface area contributed by atoms with Gasteiger partial charge in [-0.05, 0) is 36.2 Å². The third-order valence-electron chi connectivity index (χ3n) is 6.03. The van der Waals surface area contributed by atoms with Gasteiger partial charge in [-0.25, -0.2) is 0 Å². The molecule has 5 rings (SSSR count). The smallest absolute Gasteiger partial charge is 0.232 e. The molecule has 31 heavy (non-hydrogen) atoms. The molecule has 3 heterocycles. The van der Waals surface area contributed by atoms with Crippen LogP contribution in [0.3, 0.4) is 0 Å². The molecular weight excluding hydrogens is 412 g/mol. The van der Waals surface area contributed by atoms with Gasteiger partial charge in [0.2, 0.25) is 5.91 Å². The van der Waals surface area contributed by atoms with E-state index >= 15 is 0 Å². The average Bonchev–Trinajstić information content (AvgIpc) is 2.79. The number of anilines is 1. The first kappa shape index (κ1) is 20.2. The predicted octanol–water partition coefficient (Wildman–Crippen LogP) is 3.80. The van der Waals surface area contributed by atoms with E-state index in [9.17, 15) is 4.79 Å². The predicted molar refractivity (Wildman–Crippen MR) is 123 cm³/mol. The minimum absolute atomic E-state index is 0.0615. The van der Waals surface area contributed by atoms with Crippen LogP contribution in [0.5, 0.6) is 5.75 Å². The summed E-state index contributed by atoms with van der Waals surface area (Å²) in [5.74, 6) is 0.362. The Balaban J connectivity index is 1.40. The number of rotatable bonds is 4. The van der Waals surface area contributed by atoms with Crippen LogP contribution in [-0.2, 0) is 11.3 Å². The standard InChI is InChI=1S/C24H25ClN4O2/c25-18-3-4-23-21(12-18)19(5-10-31-23)24(30)28-22-14-27-13-17-2-1-16(11-20(17)22)15-29-8-6-26-7-9-29/h1-4,11-14,19,26H,5-10,15H2,(H,28,30). The first-order valence-corrected chi connectivity index (χ1v) is 11.1. The summed E-state index contributed by atoms with van der Waals surface area (Å²) in [4.78, 5) is 20.0. The molecule has 1 atom stereocenters. The molecule has 3 aromatic rings. The van der Waals surface area contributed by atoms with Gasteiger partial charge < -0.3 is 15.4 Å². The molecule has 7 heteroatoms. The second-order valence-corrected chi connectivity index (χ2v) is 8.57. The van der Waals surface area contributed by atoms with Crippen LogP contribution in [0.1, 0.15) is 23.5 Å². The second kappa shape index (κ2) is 8.83. The number of fused-ring (bicyclic) bond motifs is 2. The van der Waals surface area contributed by atoms with Crippen LogP contribution < -0.4 is 15.4 Å². The highest BCUT2D eigenvalue weighted by atomic mass is 35.5. The Hall–Kier alpha value is -2.67. The van der Waals surface area contributed by atoms with Gasteiger partial charge in [0.1, 0.15) is 5.75 Å². The van der Waals surface area contributed by atoms with Crippen LogP contribution >= 0.6 is 11.6 Å². The number of nitrogens with zero attached hydrogens (tertiary/aromatic N) is 2. The van der Waals surface area contributed by atoms with E-state index in [2.05, 4.69) is 38.7 Å². The van der Waals surface area contributed by atoms with Crippen molar-refractivity contribution in [3.63, 3.8) is 0 Å². The van der Waals surface area contributed by atoms with Gasteiger partial charge in [-0.3, -0.25) is 14.7 Å². The summed E-state index contributed by atoms with van der Waals surface area (Å²) in [6.45, 7) is 5.55. The number of nitrogens with one attached hydrogen (secondary N) is 2. The van der Waals surface area contributed by atoms with E-state index in [-0.39, 0.29) is 11.8 Å². The van der Waals surface area contributed by atoms with Gasteiger partial charge in [0, 0.05) is 60.3 Å². The van der Waals surface area contributed by atoms with Crippen molar-refractivity contribution in [2.24, 2.45) is 0 Å². The number of carbonyl (C=O) groups is 1. The lowest BCUT2D eigenvalue weighted by atomic mass is 9.92. The Bertz CT molecular complexity index is 1110. The Morgan fingerprint density at radius 2 is 2.06 bits per heavy atom. The summed E-state index contributed by atoms with van der Waals surface area (Å²) in [6, 6.07) is 11.8. The lowest BCUT2D eigenvalue weighted by Crippen LogP contribution is -2.42. The molecular formula is C24H25ClN4O2. The van der Waals surface area contributed by atoms with E-state index in [1.54, 1.807) is 12.3 Å². The topological polar surface area (TPSA) is 66.5 Å². The molecule has 2 N–H and O–H groups in total. The van der Waals surface area contributed by atoms with Gasteiger partial charge in [-0.15, -0.1) is 0 Å². The third-order valence-corrected chi connectivity index (χ3v) is 6.26. The fraction of sp³-hybridized carbons (Fsp3) is 0.333. The summed E-state index contributed by atoms with van der Waals surface area (Å²) in [6.07, 6.45) is 4.18. The highest BCUT2D eigenvalue weighted by Crippen LogP contribution is 2.36. The number of piperazine rings is 1. The van der Waals surface area contributed by atoms with Gasteiger partial charge in [0.05, 0.1) is 24.4 Å². The molecule has 6 nitrogen and oxygen atoms in total. The number of hydrogen-bond acceptors (Lipinski definition) is 5. The number of carbonyl (C=O) groups excluding carboxylic acids is 1. The number of aromatic nitrogens is 1. The molecule has 2 aliphatic heterocycles. The summed E-state index contributed by atoms with van der Waals surface area (Å²) in [5.41, 5.74) is 2.81. The molecule has 0 radical (unpaired) electrons. The third kappa shape index (κ3) is 4.37. The van der Waals surface area contributed by atoms with Crippen molar-refractivity contribution >= 4 is 34.0 Å². The van der Waals surface area contributed by atoms with Crippen LogP contribution in [0.2, 0.25) is 5.02 Å². The van der Waals surface area contributed by atoms with Gasteiger partial charge in [-0.2, -0.15) is 0 Å². The second-order valence-electron chi connectivity index (χ2n) is 8.13. The van der Waals surface area contributed by atoms with Crippen molar-refractivity contribution < 1.29 is 9.53 Å². The molecule has 160 valence electrons. The normalized spacial score (nSPS) is 18.9. The van der Waals surface area contributed by atoms with E-state index < -0.39 is 0 Å². The molecule has 1 unspecified atom stereocenters. The molecule has 0 saturated carbocycles. The first-order chi connectivity index (χ1) is 15.2.